The van der Waals surface area contributed by atoms with Crippen molar-refractivity contribution in [2.75, 3.05) is 13.2 Å². The van der Waals surface area contributed by atoms with Gasteiger partial charge in [-0.15, -0.1) is 0 Å². The van der Waals surface area contributed by atoms with E-state index in [1.165, 1.54) is 5.56 Å². The van der Waals surface area contributed by atoms with Crippen LogP contribution in [-0.4, -0.2) is 46.8 Å². The van der Waals surface area contributed by atoms with E-state index in [1.807, 2.05) is 31.2 Å². The van der Waals surface area contributed by atoms with Crippen molar-refractivity contribution in [3.63, 3.8) is 0 Å². The highest BCUT2D eigenvalue weighted by Gasteiger charge is 2.22. The fourth-order valence-corrected chi connectivity index (χ4v) is 2.89. The minimum Gasteiger partial charge on any atom is -0.452 e. The van der Waals surface area contributed by atoms with Crippen LogP contribution in [0, 0.1) is 20.8 Å². The van der Waals surface area contributed by atoms with E-state index in [2.05, 4.69) is 15.7 Å². The van der Waals surface area contributed by atoms with Gasteiger partial charge in [0.1, 0.15) is 11.6 Å². The number of aromatic nitrogens is 2. The highest BCUT2D eigenvalue weighted by molar-refractivity contribution is 5.94. The summed E-state index contributed by atoms with van der Waals surface area (Å²) in [6.07, 6.45) is 0. The number of esters is 1. The van der Waals surface area contributed by atoms with E-state index in [4.69, 9.17) is 4.74 Å². The molecule has 0 aliphatic rings. The summed E-state index contributed by atoms with van der Waals surface area (Å²) in [6.45, 7) is 9.43. The SMILES string of the molecule is CCNC(=O)[C@@H](C)NC(=O)COC(=O)c1c(C)nn(Cc2ccc(C)cc2)c1C. The van der Waals surface area contributed by atoms with Gasteiger partial charge >= 0.3 is 5.97 Å². The molecule has 0 unspecified atom stereocenters. The summed E-state index contributed by atoms with van der Waals surface area (Å²) >= 11 is 0. The lowest BCUT2D eigenvalue weighted by atomic mass is 10.1. The molecule has 0 spiro atoms. The lowest BCUT2D eigenvalue weighted by Crippen LogP contribution is -2.46. The predicted molar refractivity (Wildman–Crippen MR) is 109 cm³/mol. The van der Waals surface area contributed by atoms with Crippen molar-refractivity contribution in [2.45, 2.75) is 47.2 Å². The third kappa shape index (κ3) is 5.91. The van der Waals surface area contributed by atoms with Crippen LogP contribution in [0.5, 0.6) is 0 Å². The summed E-state index contributed by atoms with van der Waals surface area (Å²) in [5.41, 5.74) is 3.80. The molecule has 2 rings (SSSR count). The number of carbonyl (C=O) groups is 3. The molecule has 2 aromatic rings. The van der Waals surface area contributed by atoms with Gasteiger partial charge in [-0.2, -0.15) is 5.10 Å². The lowest BCUT2D eigenvalue weighted by molar-refractivity contribution is -0.130. The third-order valence-corrected chi connectivity index (χ3v) is 4.49. The summed E-state index contributed by atoms with van der Waals surface area (Å²) in [5, 5.41) is 9.53. The smallest absolute Gasteiger partial charge is 0.342 e. The Morgan fingerprint density at radius 1 is 1.14 bits per heavy atom. The first-order chi connectivity index (χ1) is 13.7. The number of hydrogen-bond acceptors (Lipinski definition) is 5. The molecule has 8 nitrogen and oxygen atoms in total. The first-order valence-electron chi connectivity index (χ1n) is 9.56. The van der Waals surface area contributed by atoms with Crippen LogP contribution in [0.4, 0.5) is 0 Å². The second kappa shape index (κ2) is 9.86. The largest absolute Gasteiger partial charge is 0.452 e. The first-order valence-corrected chi connectivity index (χ1v) is 9.56. The minimum atomic E-state index is -0.707. The van der Waals surface area contributed by atoms with Crippen molar-refractivity contribution in [1.29, 1.82) is 0 Å². The first kappa shape index (κ1) is 22.1. The molecule has 8 heteroatoms. The Bertz CT molecular complexity index is 887. The van der Waals surface area contributed by atoms with Crippen molar-refractivity contribution in [3.05, 3.63) is 52.3 Å². The monoisotopic (exact) mass is 400 g/mol. The van der Waals surface area contributed by atoms with Crippen LogP contribution < -0.4 is 10.6 Å². The fraction of sp³-hybridized carbons (Fsp3) is 0.429. The van der Waals surface area contributed by atoms with Crippen LogP contribution in [0.2, 0.25) is 0 Å². The van der Waals surface area contributed by atoms with Crippen LogP contribution in [0.3, 0.4) is 0 Å². The van der Waals surface area contributed by atoms with Crippen molar-refractivity contribution in [3.8, 4) is 0 Å². The van der Waals surface area contributed by atoms with Gasteiger partial charge in [-0.25, -0.2) is 4.79 Å². The zero-order valence-electron chi connectivity index (χ0n) is 17.5. The van der Waals surface area contributed by atoms with Gasteiger partial charge in [0.25, 0.3) is 5.91 Å². The van der Waals surface area contributed by atoms with Crippen molar-refractivity contribution in [2.24, 2.45) is 0 Å². The summed E-state index contributed by atoms with van der Waals surface area (Å²) in [6, 6.07) is 7.38. The zero-order valence-corrected chi connectivity index (χ0v) is 17.5. The van der Waals surface area contributed by atoms with E-state index in [-0.39, 0.29) is 5.91 Å². The third-order valence-electron chi connectivity index (χ3n) is 4.49. The molecule has 0 saturated heterocycles. The number of nitrogens with zero attached hydrogens (tertiary/aromatic N) is 2. The molecule has 1 aromatic carbocycles. The van der Waals surface area contributed by atoms with Gasteiger partial charge in [0.2, 0.25) is 5.91 Å². The minimum absolute atomic E-state index is 0.295. The zero-order chi connectivity index (χ0) is 21.6. The number of carbonyl (C=O) groups excluding carboxylic acids is 3. The topological polar surface area (TPSA) is 102 Å². The second-order valence-electron chi connectivity index (χ2n) is 6.95. The molecule has 2 amide bonds. The molecule has 0 saturated carbocycles. The van der Waals surface area contributed by atoms with Crippen LogP contribution in [-0.2, 0) is 20.9 Å². The molecule has 156 valence electrons. The summed E-state index contributed by atoms with van der Waals surface area (Å²) < 4.78 is 6.88. The maximum atomic E-state index is 12.5. The number of hydrogen-bond donors (Lipinski definition) is 2. The lowest BCUT2D eigenvalue weighted by Gasteiger charge is -2.13. The summed E-state index contributed by atoms with van der Waals surface area (Å²) in [5.74, 6) is -1.45. The Kier molecular flexibility index (Phi) is 7.52. The average molecular weight is 400 g/mol. The number of ether oxygens (including phenoxy) is 1. The van der Waals surface area contributed by atoms with E-state index >= 15 is 0 Å². The number of benzene rings is 1. The quantitative estimate of drug-likeness (QED) is 0.656. The Morgan fingerprint density at radius 3 is 2.41 bits per heavy atom. The van der Waals surface area contributed by atoms with E-state index < -0.39 is 24.5 Å². The number of nitrogens with one attached hydrogen (secondary N) is 2. The number of aryl methyl sites for hydroxylation is 2. The molecule has 0 bridgehead atoms. The van der Waals surface area contributed by atoms with Crippen molar-refractivity contribution >= 4 is 17.8 Å². The highest BCUT2D eigenvalue weighted by atomic mass is 16.5. The average Bonchev–Trinajstić information content (AvgIpc) is 2.95. The van der Waals surface area contributed by atoms with Gasteiger partial charge in [-0.1, -0.05) is 29.8 Å². The Balaban J connectivity index is 1.98. The predicted octanol–water partition coefficient (Wildman–Crippen LogP) is 1.65. The summed E-state index contributed by atoms with van der Waals surface area (Å²) in [4.78, 5) is 36.1. The van der Waals surface area contributed by atoms with Gasteiger partial charge in [-0.3, -0.25) is 14.3 Å². The number of rotatable bonds is 8. The molecular weight excluding hydrogens is 372 g/mol. The second-order valence-corrected chi connectivity index (χ2v) is 6.95. The van der Waals surface area contributed by atoms with Gasteiger partial charge in [0.15, 0.2) is 6.61 Å². The van der Waals surface area contributed by atoms with E-state index in [9.17, 15) is 14.4 Å². The molecule has 0 aliphatic carbocycles. The molecule has 1 atom stereocenters. The van der Waals surface area contributed by atoms with Gasteiger partial charge < -0.3 is 15.4 Å². The molecule has 2 N–H and O–H groups in total. The Morgan fingerprint density at radius 2 is 1.79 bits per heavy atom. The van der Waals surface area contributed by atoms with Gasteiger partial charge in [0, 0.05) is 6.54 Å². The number of amides is 2. The van der Waals surface area contributed by atoms with Crippen LogP contribution in [0.1, 0.15) is 46.7 Å². The Labute approximate surface area is 170 Å². The molecule has 0 fully saturated rings. The van der Waals surface area contributed by atoms with Crippen LogP contribution >= 0.6 is 0 Å². The van der Waals surface area contributed by atoms with E-state index in [0.29, 0.717) is 30.0 Å². The summed E-state index contributed by atoms with van der Waals surface area (Å²) in [7, 11) is 0. The maximum absolute atomic E-state index is 12.5. The van der Waals surface area contributed by atoms with Gasteiger partial charge in [-0.05, 0) is 40.2 Å². The molecule has 0 radical (unpaired) electrons. The van der Waals surface area contributed by atoms with Crippen molar-refractivity contribution in [1.82, 2.24) is 20.4 Å². The van der Waals surface area contributed by atoms with E-state index in [0.717, 1.165) is 5.56 Å². The number of likely N-dealkylation sites (N-methyl/N-ethyl adjacent to an activating group) is 1. The molecule has 0 aliphatic heterocycles. The fourth-order valence-electron chi connectivity index (χ4n) is 2.89. The maximum Gasteiger partial charge on any atom is 0.342 e. The highest BCUT2D eigenvalue weighted by Crippen LogP contribution is 2.16. The molecule has 1 aromatic heterocycles. The molecular formula is C21H28N4O4. The normalized spacial score (nSPS) is 11.6. The Hall–Kier alpha value is -3.16. The van der Waals surface area contributed by atoms with Crippen molar-refractivity contribution < 1.29 is 19.1 Å². The molecule has 1 heterocycles. The molecule has 29 heavy (non-hydrogen) atoms. The van der Waals surface area contributed by atoms with E-state index in [1.54, 1.807) is 32.4 Å². The van der Waals surface area contributed by atoms with Crippen LogP contribution in [0.15, 0.2) is 24.3 Å². The van der Waals surface area contributed by atoms with Crippen LogP contribution in [0.25, 0.3) is 0 Å². The van der Waals surface area contributed by atoms with Gasteiger partial charge in [0.05, 0.1) is 17.9 Å². The standard InChI is InChI=1S/C21H28N4O4/c1-6-22-20(27)15(4)23-18(26)12-29-21(28)19-14(3)24-25(16(19)5)11-17-9-7-13(2)8-10-17/h7-10,15H,6,11-12H2,1-5H3,(H,22,27)(H,23,26)/t15-/m1/s1.